The zero-order valence-corrected chi connectivity index (χ0v) is 12.9. The van der Waals surface area contributed by atoms with Crippen LogP contribution in [-0.4, -0.2) is 24.8 Å². The van der Waals surface area contributed by atoms with E-state index in [1.807, 2.05) is 31.2 Å². The molecule has 0 aliphatic carbocycles. The van der Waals surface area contributed by atoms with Gasteiger partial charge in [-0.25, -0.2) is 0 Å². The molecule has 0 atom stereocenters. The van der Waals surface area contributed by atoms with E-state index in [0.717, 1.165) is 11.1 Å². The molecule has 0 saturated heterocycles. The molecule has 0 fully saturated rings. The Balaban J connectivity index is 1.94. The zero-order valence-electron chi connectivity index (χ0n) is 12.9. The number of benzene rings is 1. The van der Waals surface area contributed by atoms with Gasteiger partial charge in [-0.15, -0.1) is 0 Å². The maximum absolute atomic E-state index is 10.8. The molecule has 1 aromatic carbocycles. The molecule has 8 nitrogen and oxygen atoms in total. The van der Waals surface area contributed by atoms with Crippen LogP contribution in [-0.2, 0) is 5.54 Å². The minimum Gasteiger partial charge on any atom is -0.336 e. The van der Waals surface area contributed by atoms with Crippen LogP contribution in [0.4, 0.5) is 5.69 Å². The molecular formula is C15H15N5O3. The number of hydrogen-bond acceptors (Lipinski definition) is 6. The van der Waals surface area contributed by atoms with Crippen LogP contribution < -0.4 is 0 Å². The average molecular weight is 313 g/mol. The van der Waals surface area contributed by atoms with Gasteiger partial charge in [0.1, 0.15) is 17.9 Å². The zero-order chi connectivity index (χ0) is 16.6. The molecule has 3 aromatic rings. The van der Waals surface area contributed by atoms with Crippen molar-refractivity contribution in [2.75, 3.05) is 0 Å². The van der Waals surface area contributed by atoms with E-state index < -0.39 is 10.5 Å². The summed E-state index contributed by atoms with van der Waals surface area (Å²) in [5.74, 6) is 0.792. The van der Waals surface area contributed by atoms with Gasteiger partial charge in [-0.1, -0.05) is 35.0 Å². The third-order valence-corrected chi connectivity index (χ3v) is 3.61. The fourth-order valence-electron chi connectivity index (χ4n) is 2.10. The Morgan fingerprint density at radius 3 is 2.57 bits per heavy atom. The third kappa shape index (κ3) is 2.70. The Hall–Kier alpha value is -3.03. The second kappa shape index (κ2) is 5.31. The summed E-state index contributed by atoms with van der Waals surface area (Å²) in [6.07, 6.45) is 2.54. The van der Waals surface area contributed by atoms with Crippen LogP contribution >= 0.6 is 0 Å². The first-order valence-electron chi connectivity index (χ1n) is 6.98. The van der Waals surface area contributed by atoms with Crippen LogP contribution in [0.15, 0.2) is 41.2 Å². The van der Waals surface area contributed by atoms with Crippen LogP contribution in [0.1, 0.15) is 25.3 Å². The van der Waals surface area contributed by atoms with Crippen LogP contribution in [0, 0.1) is 17.0 Å². The predicted molar refractivity (Wildman–Crippen MR) is 81.8 cm³/mol. The quantitative estimate of drug-likeness (QED) is 0.542. The number of nitrogens with zero attached hydrogens (tertiary/aromatic N) is 5. The summed E-state index contributed by atoms with van der Waals surface area (Å²) in [5.41, 5.74) is 1.09. The van der Waals surface area contributed by atoms with Crippen LogP contribution in [0.2, 0.25) is 0 Å². The molecule has 0 aliphatic rings. The van der Waals surface area contributed by atoms with Gasteiger partial charge in [0, 0.05) is 5.56 Å². The molecule has 0 N–H and O–H groups in total. The largest absolute Gasteiger partial charge is 0.336 e. The van der Waals surface area contributed by atoms with Crippen LogP contribution in [0.5, 0.6) is 0 Å². The van der Waals surface area contributed by atoms with E-state index in [1.165, 1.54) is 17.1 Å². The van der Waals surface area contributed by atoms with Crippen molar-refractivity contribution in [2.24, 2.45) is 0 Å². The molecule has 8 heteroatoms. The Bertz CT molecular complexity index is 848. The van der Waals surface area contributed by atoms with E-state index in [4.69, 9.17) is 4.52 Å². The fraction of sp³-hybridized carbons (Fsp3) is 0.267. The summed E-state index contributed by atoms with van der Waals surface area (Å²) < 4.78 is 6.79. The lowest BCUT2D eigenvalue weighted by atomic mass is 10.1. The smallest absolute Gasteiger partial charge is 0.307 e. The van der Waals surface area contributed by atoms with Gasteiger partial charge < -0.3 is 4.52 Å². The van der Waals surface area contributed by atoms with Gasteiger partial charge >= 0.3 is 5.69 Å². The van der Waals surface area contributed by atoms with Gasteiger partial charge in [0.25, 0.3) is 5.89 Å². The molecule has 2 heterocycles. The minimum atomic E-state index is -0.801. The first kappa shape index (κ1) is 14.9. The summed E-state index contributed by atoms with van der Waals surface area (Å²) in [7, 11) is 0. The molecule has 3 rings (SSSR count). The maximum Gasteiger partial charge on any atom is 0.307 e. The highest BCUT2D eigenvalue weighted by atomic mass is 16.6. The molecule has 2 aromatic heterocycles. The number of aromatic nitrogens is 4. The highest BCUT2D eigenvalue weighted by Crippen LogP contribution is 2.27. The molecule has 0 spiro atoms. The minimum absolute atomic E-state index is 0.0867. The van der Waals surface area contributed by atoms with Crippen molar-refractivity contribution in [3.05, 3.63) is 58.2 Å². The average Bonchev–Trinajstić information content (AvgIpc) is 3.18. The van der Waals surface area contributed by atoms with Crippen molar-refractivity contribution >= 4 is 5.69 Å². The van der Waals surface area contributed by atoms with E-state index in [9.17, 15) is 10.1 Å². The second-order valence-corrected chi connectivity index (χ2v) is 5.75. The Morgan fingerprint density at radius 2 is 1.96 bits per heavy atom. The Morgan fingerprint density at radius 1 is 1.26 bits per heavy atom. The van der Waals surface area contributed by atoms with Crippen molar-refractivity contribution in [1.82, 2.24) is 19.9 Å². The molecule has 118 valence electrons. The fourth-order valence-corrected chi connectivity index (χ4v) is 2.10. The third-order valence-electron chi connectivity index (χ3n) is 3.61. The first-order chi connectivity index (χ1) is 10.9. The molecule has 23 heavy (non-hydrogen) atoms. The van der Waals surface area contributed by atoms with E-state index >= 15 is 0 Å². The van der Waals surface area contributed by atoms with Crippen molar-refractivity contribution in [2.45, 2.75) is 26.3 Å². The molecular weight excluding hydrogens is 298 g/mol. The number of rotatable bonds is 4. The lowest BCUT2D eigenvalue weighted by Crippen LogP contribution is -2.28. The second-order valence-electron chi connectivity index (χ2n) is 5.75. The highest BCUT2D eigenvalue weighted by Gasteiger charge is 2.32. The van der Waals surface area contributed by atoms with Gasteiger partial charge in [0.05, 0.1) is 4.92 Å². The molecule has 0 bridgehead atoms. The standard InChI is InChI=1S/C15H15N5O3/c1-10-4-6-11(7-5-10)13-17-14(23-18-13)15(2,3)19-9-12(8-16-19)20(21)22/h4-9H,1-3H3. The van der Waals surface area contributed by atoms with Gasteiger partial charge in [0.15, 0.2) is 0 Å². The van der Waals surface area contributed by atoms with Crippen molar-refractivity contribution in [3.63, 3.8) is 0 Å². The molecule has 0 radical (unpaired) electrons. The summed E-state index contributed by atoms with van der Waals surface area (Å²) in [4.78, 5) is 14.7. The van der Waals surface area contributed by atoms with Crippen molar-refractivity contribution in [1.29, 1.82) is 0 Å². The van der Waals surface area contributed by atoms with Gasteiger partial charge in [-0.3, -0.25) is 14.8 Å². The van der Waals surface area contributed by atoms with Gasteiger partial charge in [-0.05, 0) is 20.8 Å². The van der Waals surface area contributed by atoms with E-state index in [0.29, 0.717) is 11.7 Å². The SMILES string of the molecule is Cc1ccc(-c2noc(C(C)(C)n3cc([N+](=O)[O-])cn3)n2)cc1. The lowest BCUT2D eigenvalue weighted by molar-refractivity contribution is -0.385. The normalized spacial score (nSPS) is 11.6. The number of aryl methyl sites for hydroxylation is 1. The monoisotopic (exact) mass is 313 g/mol. The molecule has 0 amide bonds. The van der Waals surface area contributed by atoms with E-state index in [1.54, 1.807) is 13.8 Å². The van der Waals surface area contributed by atoms with Crippen molar-refractivity contribution < 1.29 is 9.45 Å². The lowest BCUT2D eigenvalue weighted by Gasteiger charge is -2.19. The van der Waals surface area contributed by atoms with Crippen LogP contribution in [0.25, 0.3) is 11.4 Å². The van der Waals surface area contributed by atoms with Crippen LogP contribution in [0.3, 0.4) is 0 Å². The number of nitro groups is 1. The summed E-state index contributed by atoms with van der Waals surface area (Å²) in [5, 5.41) is 18.8. The van der Waals surface area contributed by atoms with E-state index in [2.05, 4.69) is 15.2 Å². The highest BCUT2D eigenvalue weighted by molar-refractivity contribution is 5.54. The Labute approximate surface area is 131 Å². The topological polar surface area (TPSA) is 99.9 Å². The molecule has 0 saturated carbocycles. The van der Waals surface area contributed by atoms with E-state index in [-0.39, 0.29) is 5.69 Å². The van der Waals surface area contributed by atoms with Gasteiger partial charge in [0.2, 0.25) is 5.82 Å². The Kier molecular flexibility index (Phi) is 3.44. The summed E-state index contributed by atoms with van der Waals surface area (Å²) in [6.45, 7) is 5.60. The summed E-state index contributed by atoms with van der Waals surface area (Å²) >= 11 is 0. The summed E-state index contributed by atoms with van der Waals surface area (Å²) in [6, 6.07) is 7.76. The molecule has 0 unspecified atom stereocenters. The maximum atomic E-state index is 10.8. The van der Waals surface area contributed by atoms with Gasteiger partial charge in [-0.2, -0.15) is 10.1 Å². The predicted octanol–water partition coefficient (Wildman–Crippen LogP) is 2.93. The van der Waals surface area contributed by atoms with Crippen molar-refractivity contribution in [3.8, 4) is 11.4 Å². The number of hydrogen-bond donors (Lipinski definition) is 0. The first-order valence-corrected chi connectivity index (χ1v) is 6.98. The molecule has 0 aliphatic heterocycles.